The van der Waals surface area contributed by atoms with Gasteiger partial charge in [0.05, 0.1) is 22.9 Å². The Balaban J connectivity index is 3.98. The molecule has 0 bridgehead atoms. The second kappa shape index (κ2) is 5.64. The first kappa shape index (κ1) is 9.87. The fourth-order valence-corrected chi connectivity index (χ4v) is 0.890. The zero-order valence-corrected chi connectivity index (χ0v) is 8.31. The van der Waals surface area contributed by atoms with Crippen molar-refractivity contribution in [2.45, 2.75) is 26.7 Å². The van der Waals surface area contributed by atoms with E-state index in [9.17, 15) is 4.79 Å². The largest absolute Gasteiger partial charge is 0.293 e. The molecule has 3 nitrogen and oxygen atoms in total. The lowest BCUT2D eigenvalue weighted by molar-refractivity contribution is -0.111. The molecule has 0 radical (unpaired) electrons. The lowest BCUT2D eigenvalue weighted by atomic mass is 10.2. The van der Waals surface area contributed by atoms with Crippen LogP contribution >= 0.6 is 22.9 Å². The van der Waals surface area contributed by atoms with Gasteiger partial charge in [0.25, 0.3) is 0 Å². The molecule has 0 spiro atoms. The highest BCUT2D eigenvalue weighted by Crippen LogP contribution is 1.93. The zero-order chi connectivity index (χ0) is 7.98. The maximum atomic E-state index is 10.7. The van der Waals surface area contributed by atoms with Crippen LogP contribution in [0.5, 0.6) is 0 Å². The predicted molar refractivity (Wildman–Crippen MR) is 50.2 cm³/mol. The van der Waals surface area contributed by atoms with Crippen molar-refractivity contribution >= 4 is 34.4 Å². The number of ketones is 1. The van der Waals surface area contributed by atoms with Gasteiger partial charge in [-0.05, 0) is 6.42 Å². The van der Waals surface area contributed by atoms with Crippen molar-refractivity contribution in [2.24, 2.45) is 5.10 Å². The van der Waals surface area contributed by atoms with E-state index in [1.165, 1.54) is 6.92 Å². The minimum Gasteiger partial charge on any atom is -0.293 e. The topological polar surface area (TPSA) is 41.5 Å². The number of halogens is 1. The summed E-state index contributed by atoms with van der Waals surface area (Å²) in [5.41, 5.74) is 0.622. The first-order valence-corrected chi connectivity index (χ1v) is 4.23. The second-order valence-electron chi connectivity index (χ2n) is 1.95. The van der Waals surface area contributed by atoms with Crippen LogP contribution in [0.15, 0.2) is 5.10 Å². The third-order valence-corrected chi connectivity index (χ3v) is 1.31. The number of carbonyl (C=O) groups excluding carboxylic acids is 1. The molecule has 0 saturated carbocycles. The molecule has 4 heteroatoms. The van der Waals surface area contributed by atoms with Crippen LogP contribution in [0.3, 0.4) is 0 Å². The van der Waals surface area contributed by atoms with Crippen molar-refractivity contribution in [1.82, 2.24) is 3.64 Å². The van der Waals surface area contributed by atoms with E-state index >= 15 is 0 Å². The normalized spacial score (nSPS) is 11.3. The second-order valence-corrected chi connectivity index (χ2v) is 2.43. The highest BCUT2D eigenvalue weighted by Gasteiger charge is 2.02. The summed E-state index contributed by atoms with van der Waals surface area (Å²) in [5.74, 6) is 0.0472. The van der Waals surface area contributed by atoms with Crippen molar-refractivity contribution in [1.29, 1.82) is 0 Å². The monoisotopic (exact) mass is 254 g/mol. The molecule has 10 heavy (non-hydrogen) atoms. The Labute approximate surface area is 74.8 Å². The Morgan fingerprint density at radius 2 is 2.30 bits per heavy atom. The summed E-state index contributed by atoms with van der Waals surface area (Å²) in [5, 5.41) is 3.82. The highest BCUT2D eigenvalue weighted by atomic mass is 127. The molecule has 0 amide bonds. The van der Waals surface area contributed by atoms with Gasteiger partial charge in [-0.1, -0.05) is 13.3 Å². The minimum atomic E-state index is 0.0472. The number of carbonyl (C=O) groups is 1. The van der Waals surface area contributed by atoms with E-state index < -0.39 is 0 Å². The van der Waals surface area contributed by atoms with Crippen LogP contribution in [-0.4, -0.2) is 11.5 Å². The SMILES string of the molecule is CCC/C(=N/NI)C(C)=O. The Morgan fingerprint density at radius 3 is 2.60 bits per heavy atom. The van der Waals surface area contributed by atoms with Gasteiger partial charge in [-0.3, -0.25) is 4.79 Å². The van der Waals surface area contributed by atoms with E-state index in [1.807, 2.05) is 29.8 Å². The van der Waals surface area contributed by atoms with Gasteiger partial charge >= 0.3 is 0 Å². The number of hydrogen-bond donors (Lipinski definition) is 1. The molecule has 0 aromatic heterocycles. The van der Waals surface area contributed by atoms with Crippen LogP contribution in [0, 0.1) is 0 Å². The first-order chi connectivity index (χ1) is 4.72. The highest BCUT2D eigenvalue weighted by molar-refractivity contribution is 14.1. The predicted octanol–water partition coefficient (Wildman–Crippen LogP) is 1.67. The van der Waals surface area contributed by atoms with Crippen LogP contribution in [0.1, 0.15) is 26.7 Å². The summed E-state index contributed by atoms with van der Waals surface area (Å²) in [4.78, 5) is 10.7. The van der Waals surface area contributed by atoms with Gasteiger partial charge in [0.2, 0.25) is 0 Å². The lowest BCUT2D eigenvalue weighted by Crippen LogP contribution is -2.11. The molecule has 0 aromatic carbocycles. The van der Waals surface area contributed by atoms with Crippen LogP contribution in [0.4, 0.5) is 0 Å². The Morgan fingerprint density at radius 1 is 1.70 bits per heavy atom. The van der Waals surface area contributed by atoms with Crippen molar-refractivity contribution in [2.75, 3.05) is 0 Å². The molecule has 0 aromatic rings. The van der Waals surface area contributed by atoms with Gasteiger partial charge in [-0.15, -0.1) is 0 Å². The fraction of sp³-hybridized carbons (Fsp3) is 0.667. The van der Waals surface area contributed by atoms with E-state index in [0.717, 1.165) is 12.8 Å². The third-order valence-electron chi connectivity index (χ3n) is 1.07. The first-order valence-electron chi connectivity index (χ1n) is 3.15. The van der Waals surface area contributed by atoms with Gasteiger partial charge in [0.15, 0.2) is 5.78 Å². The molecule has 58 valence electrons. The molecular weight excluding hydrogens is 243 g/mol. The minimum absolute atomic E-state index is 0.0472. The standard InChI is InChI=1S/C6H11IN2O/c1-3-4-6(5(2)10)8-9-7/h9H,3-4H2,1-2H3/b8-6-. The Bertz CT molecular complexity index is 145. The molecule has 0 heterocycles. The molecule has 1 N–H and O–H groups in total. The maximum Gasteiger partial charge on any atom is 0.175 e. The average Bonchev–Trinajstić information content (AvgIpc) is 1.87. The lowest BCUT2D eigenvalue weighted by Gasteiger charge is -1.96. The van der Waals surface area contributed by atoms with Gasteiger partial charge < -0.3 is 0 Å². The average molecular weight is 254 g/mol. The van der Waals surface area contributed by atoms with Crippen LogP contribution in [0.2, 0.25) is 0 Å². The molecule has 0 aliphatic carbocycles. The molecule has 0 aliphatic rings. The zero-order valence-electron chi connectivity index (χ0n) is 6.15. The van der Waals surface area contributed by atoms with E-state index in [4.69, 9.17) is 0 Å². The van der Waals surface area contributed by atoms with Crippen molar-refractivity contribution in [3.05, 3.63) is 0 Å². The molecule has 0 aliphatic heterocycles. The van der Waals surface area contributed by atoms with Crippen LogP contribution < -0.4 is 3.64 Å². The van der Waals surface area contributed by atoms with Gasteiger partial charge in [-0.2, -0.15) is 5.10 Å². The van der Waals surface area contributed by atoms with E-state index in [2.05, 4.69) is 8.74 Å². The van der Waals surface area contributed by atoms with Crippen LogP contribution in [0.25, 0.3) is 0 Å². The van der Waals surface area contributed by atoms with Crippen molar-refractivity contribution in [3.63, 3.8) is 0 Å². The van der Waals surface area contributed by atoms with Crippen molar-refractivity contribution < 1.29 is 4.79 Å². The summed E-state index contributed by atoms with van der Waals surface area (Å²) in [6, 6.07) is 0. The molecule has 0 saturated heterocycles. The molecular formula is C6H11IN2O. The molecule has 0 unspecified atom stereocenters. The third kappa shape index (κ3) is 3.81. The fourth-order valence-electron chi connectivity index (χ4n) is 0.598. The summed E-state index contributed by atoms with van der Waals surface area (Å²) < 4.78 is 2.57. The summed E-state index contributed by atoms with van der Waals surface area (Å²) >= 11 is 1.89. The van der Waals surface area contributed by atoms with Gasteiger partial charge in [-0.25, -0.2) is 3.64 Å². The number of hydrazone groups is 1. The van der Waals surface area contributed by atoms with Crippen LogP contribution in [-0.2, 0) is 4.79 Å². The number of nitrogens with one attached hydrogen (secondary N) is 1. The van der Waals surface area contributed by atoms with Gasteiger partial charge in [0, 0.05) is 6.92 Å². The molecule has 0 fully saturated rings. The smallest absolute Gasteiger partial charge is 0.175 e. The van der Waals surface area contributed by atoms with E-state index in [1.54, 1.807) is 0 Å². The number of nitrogens with zero attached hydrogens (tertiary/aromatic N) is 1. The number of Topliss-reactive ketones (excluding diaryl/α,β-unsaturated/α-hetero) is 1. The summed E-state index contributed by atoms with van der Waals surface area (Å²) in [6.45, 7) is 3.55. The Kier molecular flexibility index (Phi) is 5.57. The maximum absolute atomic E-state index is 10.7. The molecule has 0 rings (SSSR count). The molecule has 0 atom stereocenters. The Hall–Kier alpha value is -0.130. The van der Waals surface area contributed by atoms with E-state index in [0.29, 0.717) is 5.71 Å². The summed E-state index contributed by atoms with van der Waals surface area (Å²) in [6.07, 6.45) is 1.71. The van der Waals surface area contributed by atoms with E-state index in [-0.39, 0.29) is 5.78 Å². The number of rotatable bonds is 4. The summed E-state index contributed by atoms with van der Waals surface area (Å²) in [7, 11) is 0. The quantitative estimate of drug-likeness (QED) is 0.359. The van der Waals surface area contributed by atoms with Crippen molar-refractivity contribution in [3.8, 4) is 0 Å². The number of hydrogen-bond acceptors (Lipinski definition) is 3. The van der Waals surface area contributed by atoms with Gasteiger partial charge in [0.1, 0.15) is 5.71 Å².